The summed E-state index contributed by atoms with van der Waals surface area (Å²) in [6, 6.07) is 0. The molecule has 0 saturated carbocycles. The van der Waals surface area contributed by atoms with Gasteiger partial charge < -0.3 is 0 Å². The topological polar surface area (TPSA) is 54.4 Å². The van der Waals surface area contributed by atoms with Crippen LogP contribution in [0.15, 0.2) is 0 Å². The van der Waals surface area contributed by atoms with Crippen LogP contribution in [0.5, 0.6) is 0 Å². The predicted molar refractivity (Wildman–Crippen MR) is 21.3 cm³/mol. The normalized spacial score (nSPS) is 8.29. The Balaban J connectivity index is -0.0000000800. The van der Waals surface area contributed by atoms with E-state index in [9.17, 15) is 0 Å². The molecular formula is H3NiO3PPdS. The average Bonchev–Trinajstić information content (AvgIpc) is 0.722. The fourth-order valence-corrected chi connectivity index (χ4v) is 0. The first kappa shape index (κ1) is 15.8. The average molecular weight is 279 g/mol. The molecular weight excluding hydrogens is 276 g/mol. The third-order valence-electron chi connectivity index (χ3n) is 0. The van der Waals surface area contributed by atoms with Crippen molar-refractivity contribution >= 4 is 18.2 Å². The maximum atomic E-state index is 9.15. The van der Waals surface area contributed by atoms with Crippen LogP contribution in [-0.2, 0) is 46.7 Å². The van der Waals surface area contributed by atoms with E-state index >= 15 is 0 Å². The van der Waals surface area contributed by atoms with Gasteiger partial charge in [0.2, 0.25) is 0 Å². The van der Waals surface area contributed by atoms with E-state index in [-0.39, 0.29) is 36.9 Å². The number of rotatable bonds is 0. The first-order valence-electron chi connectivity index (χ1n) is 0.752. The second-order valence-electron chi connectivity index (χ2n) is 0.515. The molecule has 0 aliphatic carbocycles. The van der Waals surface area contributed by atoms with E-state index in [0.717, 1.165) is 0 Å². The summed E-state index contributed by atoms with van der Waals surface area (Å²) in [5.41, 5.74) is 0. The Kier molecular flexibility index (Phi) is 12.7. The van der Waals surface area contributed by atoms with Crippen molar-refractivity contribution in [2.45, 2.75) is 0 Å². The molecule has 0 aliphatic heterocycles. The summed E-state index contributed by atoms with van der Waals surface area (Å²) in [4.78, 5) is 0. The quantitative estimate of drug-likeness (QED) is 0.375. The zero-order chi connectivity index (χ0) is 4.50. The molecule has 0 spiro atoms. The predicted octanol–water partition coefficient (Wildman–Crippen LogP) is -0.341. The zero-order valence-corrected chi connectivity index (χ0v) is 7.40. The number of hydrogen-bond donors (Lipinski definition) is 1. The van der Waals surface area contributed by atoms with Crippen LogP contribution in [-0.4, -0.2) is 13.0 Å². The van der Waals surface area contributed by atoms with Gasteiger partial charge in [-0.3, -0.25) is 4.55 Å². The Labute approximate surface area is 67.9 Å². The van der Waals surface area contributed by atoms with E-state index in [0.29, 0.717) is 0 Å². The minimum Gasteiger partial charge on any atom is -0.283 e. The molecule has 1 atom stereocenters. The smallest absolute Gasteiger partial charge is 0.275 e. The molecule has 7 heteroatoms. The minimum absolute atomic E-state index is 0. The van der Waals surface area contributed by atoms with Crippen LogP contribution in [0.1, 0.15) is 0 Å². The molecule has 0 rings (SSSR count). The van der Waals surface area contributed by atoms with Gasteiger partial charge in [0, 0.05) is 45.4 Å². The van der Waals surface area contributed by atoms with Crippen LogP contribution in [0.25, 0.3) is 0 Å². The first-order valence-corrected chi connectivity index (χ1v) is 3.67. The van der Waals surface area contributed by atoms with Crippen molar-refractivity contribution in [1.29, 1.82) is 0 Å². The second kappa shape index (κ2) is 5.63. The molecule has 0 fully saturated rings. The van der Waals surface area contributed by atoms with Gasteiger partial charge in [0.25, 0.3) is 9.74 Å². The fraction of sp³-hybridized carbons (Fsp3) is 0. The van der Waals surface area contributed by atoms with E-state index in [1.54, 1.807) is 0 Å². The minimum atomic E-state index is -3.75. The summed E-state index contributed by atoms with van der Waals surface area (Å²) >= 11 is 0. The van der Waals surface area contributed by atoms with Gasteiger partial charge in [-0.25, -0.2) is 0 Å². The van der Waals surface area contributed by atoms with Gasteiger partial charge in [-0.2, -0.15) is 8.42 Å². The Morgan fingerprint density at radius 1 is 1.43 bits per heavy atom. The Hall–Kier alpha value is 1.50. The molecule has 1 unspecified atom stereocenters. The third kappa shape index (κ3) is 101. The van der Waals surface area contributed by atoms with E-state index in [1.807, 2.05) is 0 Å². The monoisotopic (exact) mass is 278 g/mol. The molecule has 0 bridgehead atoms. The van der Waals surface area contributed by atoms with Gasteiger partial charge in [0.1, 0.15) is 0 Å². The molecule has 0 aromatic carbocycles. The summed E-state index contributed by atoms with van der Waals surface area (Å²) in [5.74, 6) is 0. The zero-order valence-electron chi connectivity index (χ0n) is 2.88. The van der Waals surface area contributed by atoms with Crippen LogP contribution in [0, 0.1) is 0 Å². The van der Waals surface area contributed by atoms with Crippen molar-refractivity contribution in [2.75, 3.05) is 0 Å². The van der Waals surface area contributed by atoms with Gasteiger partial charge in [-0.15, -0.1) is 0 Å². The van der Waals surface area contributed by atoms with Crippen LogP contribution in [0.3, 0.4) is 0 Å². The summed E-state index contributed by atoms with van der Waals surface area (Å²) in [6.07, 6.45) is 0. The van der Waals surface area contributed by atoms with E-state index < -0.39 is 9.74 Å². The van der Waals surface area contributed by atoms with Crippen LogP contribution in [0.2, 0.25) is 0 Å². The van der Waals surface area contributed by atoms with E-state index in [1.165, 1.54) is 8.44 Å². The summed E-state index contributed by atoms with van der Waals surface area (Å²) in [6.45, 7) is 0. The number of hydrogen-bond acceptors (Lipinski definition) is 2. The summed E-state index contributed by atoms with van der Waals surface area (Å²) in [7, 11) is -2.51. The van der Waals surface area contributed by atoms with E-state index in [2.05, 4.69) is 0 Å². The molecule has 0 radical (unpaired) electrons. The first-order chi connectivity index (χ1) is 2.00. The van der Waals surface area contributed by atoms with Crippen LogP contribution < -0.4 is 0 Å². The SMILES string of the molecule is O=S(=O)(O)P.[Ni].[Pd]. The Morgan fingerprint density at radius 3 is 1.43 bits per heavy atom. The standard InChI is InChI=1S/Ni.H3O3PS.Pd/c;1-5(2,3)4;/h;4H2,(H,1,2,3);. The van der Waals surface area contributed by atoms with Gasteiger partial charge in [0.05, 0.1) is 0 Å². The van der Waals surface area contributed by atoms with Crippen LogP contribution >= 0.6 is 8.44 Å². The Morgan fingerprint density at radius 2 is 1.43 bits per heavy atom. The molecule has 0 aromatic heterocycles. The second-order valence-corrected chi connectivity index (χ2v) is 3.33. The fourth-order valence-electron chi connectivity index (χ4n) is 0. The third-order valence-corrected chi connectivity index (χ3v) is 0. The molecule has 7 heavy (non-hydrogen) atoms. The molecule has 0 heterocycles. The molecule has 0 saturated heterocycles. The van der Waals surface area contributed by atoms with Crippen molar-refractivity contribution in [3.05, 3.63) is 0 Å². The van der Waals surface area contributed by atoms with Crippen LogP contribution in [0.4, 0.5) is 0 Å². The maximum absolute atomic E-state index is 9.15. The molecule has 0 aromatic rings. The molecule has 3 nitrogen and oxygen atoms in total. The summed E-state index contributed by atoms with van der Waals surface area (Å²) < 4.78 is 25.8. The van der Waals surface area contributed by atoms with Crippen molar-refractivity contribution in [1.82, 2.24) is 0 Å². The molecule has 0 aliphatic rings. The molecule has 0 amide bonds. The van der Waals surface area contributed by atoms with E-state index in [4.69, 9.17) is 13.0 Å². The van der Waals surface area contributed by atoms with Crippen molar-refractivity contribution < 1.29 is 49.9 Å². The Bertz CT molecular complexity index is 98.1. The largest absolute Gasteiger partial charge is 0.283 e. The maximum Gasteiger partial charge on any atom is 0.275 e. The van der Waals surface area contributed by atoms with Crippen molar-refractivity contribution in [3.8, 4) is 0 Å². The van der Waals surface area contributed by atoms with Gasteiger partial charge in [0.15, 0.2) is 0 Å². The summed E-state index contributed by atoms with van der Waals surface area (Å²) in [5, 5.41) is 0. The van der Waals surface area contributed by atoms with Gasteiger partial charge in [-0.05, 0) is 0 Å². The van der Waals surface area contributed by atoms with Gasteiger partial charge >= 0.3 is 0 Å². The molecule has 1 N–H and O–H groups in total. The molecule has 52 valence electrons. The van der Waals surface area contributed by atoms with Gasteiger partial charge in [-0.1, -0.05) is 0 Å². The van der Waals surface area contributed by atoms with Crippen molar-refractivity contribution in [3.63, 3.8) is 0 Å². The van der Waals surface area contributed by atoms with Crippen molar-refractivity contribution in [2.24, 2.45) is 0 Å².